The van der Waals surface area contributed by atoms with Gasteiger partial charge in [0.05, 0.1) is 7.11 Å². The average molecular weight is 388 g/mol. The van der Waals surface area contributed by atoms with Gasteiger partial charge in [-0.3, -0.25) is 4.79 Å². The van der Waals surface area contributed by atoms with Crippen LogP contribution in [0.5, 0.6) is 5.75 Å². The molecule has 0 saturated carbocycles. The fraction of sp³-hybridized carbons (Fsp3) is 0.429. The first-order chi connectivity index (χ1) is 13.0. The molecule has 2 aromatic rings. The summed E-state index contributed by atoms with van der Waals surface area (Å²) in [6.45, 7) is 4.13. The van der Waals surface area contributed by atoms with Crippen molar-refractivity contribution in [3.8, 4) is 5.75 Å². The van der Waals surface area contributed by atoms with E-state index >= 15 is 0 Å². The molecule has 1 aromatic heterocycles. The highest BCUT2D eigenvalue weighted by Gasteiger charge is 2.24. The predicted molar refractivity (Wildman–Crippen MR) is 105 cm³/mol. The lowest BCUT2D eigenvalue weighted by Crippen LogP contribution is -2.35. The Balaban J connectivity index is 1.55. The molecule has 2 atom stereocenters. The number of benzene rings is 1. The van der Waals surface area contributed by atoms with E-state index in [2.05, 4.69) is 12.2 Å². The fourth-order valence-electron chi connectivity index (χ4n) is 3.25. The Labute approximate surface area is 163 Å². The van der Waals surface area contributed by atoms with Crippen LogP contribution in [0, 0.1) is 5.92 Å². The second-order valence-electron chi connectivity index (χ2n) is 6.98. The van der Waals surface area contributed by atoms with Crippen molar-refractivity contribution in [1.82, 2.24) is 5.32 Å². The molecule has 1 heterocycles. The Morgan fingerprint density at radius 2 is 2.11 bits per heavy atom. The second kappa shape index (κ2) is 8.57. The van der Waals surface area contributed by atoms with E-state index in [0.29, 0.717) is 23.1 Å². The topological polar surface area (TPSA) is 64.6 Å². The van der Waals surface area contributed by atoms with Crippen molar-refractivity contribution >= 4 is 23.2 Å². The van der Waals surface area contributed by atoms with E-state index in [1.54, 1.807) is 14.0 Å². The number of nitrogens with one attached hydrogen (secondary N) is 1. The van der Waals surface area contributed by atoms with Gasteiger partial charge in [0.1, 0.15) is 10.6 Å². The molecule has 0 aliphatic heterocycles. The molecular weight excluding hydrogens is 362 g/mol. The van der Waals surface area contributed by atoms with Crippen LogP contribution in [0.1, 0.15) is 45.9 Å². The van der Waals surface area contributed by atoms with E-state index in [9.17, 15) is 9.59 Å². The van der Waals surface area contributed by atoms with Gasteiger partial charge in [-0.05, 0) is 49.8 Å². The monoisotopic (exact) mass is 387 g/mol. The van der Waals surface area contributed by atoms with Crippen LogP contribution < -0.4 is 10.1 Å². The number of hydrogen-bond donors (Lipinski definition) is 1. The van der Waals surface area contributed by atoms with E-state index in [-0.39, 0.29) is 5.91 Å². The van der Waals surface area contributed by atoms with E-state index in [0.717, 1.165) is 24.8 Å². The molecule has 1 aliphatic carbocycles. The summed E-state index contributed by atoms with van der Waals surface area (Å²) >= 11 is 1.49. The summed E-state index contributed by atoms with van der Waals surface area (Å²) in [6.07, 6.45) is 2.33. The molecule has 0 saturated heterocycles. The lowest BCUT2D eigenvalue weighted by atomic mass is 9.90. The number of thiophene rings is 1. The number of carbonyl (C=O) groups excluding carboxylic acids is 2. The smallest absolute Gasteiger partial charge is 0.349 e. The molecule has 27 heavy (non-hydrogen) atoms. The van der Waals surface area contributed by atoms with Crippen LogP contribution in [-0.2, 0) is 28.9 Å². The van der Waals surface area contributed by atoms with E-state index in [1.165, 1.54) is 21.8 Å². The summed E-state index contributed by atoms with van der Waals surface area (Å²) in [7, 11) is 1.59. The van der Waals surface area contributed by atoms with Crippen LogP contribution in [0.25, 0.3) is 0 Å². The first-order valence-corrected chi connectivity index (χ1v) is 10.0. The lowest BCUT2D eigenvalue weighted by Gasteiger charge is -2.16. The van der Waals surface area contributed by atoms with Crippen LogP contribution >= 0.6 is 11.3 Å². The zero-order valence-corrected chi connectivity index (χ0v) is 16.7. The quantitative estimate of drug-likeness (QED) is 0.767. The molecule has 2 unspecified atom stereocenters. The zero-order chi connectivity index (χ0) is 19.4. The summed E-state index contributed by atoms with van der Waals surface area (Å²) < 4.78 is 10.6. The molecular formula is C21H25NO4S. The molecule has 3 rings (SSSR count). The molecule has 0 spiro atoms. The first kappa shape index (κ1) is 19.4. The van der Waals surface area contributed by atoms with Gasteiger partial charge in [0.25, 0.3) is 5.91 Å². The second-order valence-corrected chi connectivity index (χ2v) is 8.12. The highest BCUT2D eigenvalue weighted by molar-refractivity contribution is 7.14. The number of fused-ring (bicyclic) bond motifs is 1. The number of amides is 1. The standard InChI is InChI=1S/C21H25NO4S/c1-13-8-9-18-16(10-13)11-19(27-18)21(24)26-14(2)20(23)22-12-15-6-4-5-7-17(15)25-3/h4-7,11,13-14H,8-10,12H2,1-3H3,(H,22,23). The SMILES string of the molecule is COc1ccccc1CNC(=O)C(C)OC(=O)c1cc2c(s1)CCC(C)C2. The minimum absolute atomic E-state index is 0.315. The van der Waals surface area contributed by atoms with E-state index < -0.39 is 12.1 Å². The number of esters is 1. The first-order valence-electron chi connectivity index (χ1n) is 9.20. The van der Waals surface area contributed by atoms with Gasteiger partial charge in [-0.1, -0.05) is 25.1 Å². The molecule has 1 N–H and O–H groups in total. The van der Waals surface area contributed by atoms with Gasteiger partial charge in [0, 0.05) is 17.0 Å². The van der Waals surface area contributed by atoms with Gasteiger partial charge >= 0.3 is 5.97 Å². The average Bonchev–Trinajstić information content (AvgIpc) is 3.09. The molecule has 1 amide bonds. The minimum atomic E-state index is -0.856. The number of aryl methyl sites for hydroxylation is 1. The van der Waals surface area contributed by atoms with Gasteiger partial charge in [0.15, 0.2) is 6.10 Å². The molecule has 144 valence electrons. The number of carbonyl (C=O) groups is 2. The van der Waals surface area contributed by atoms with Gasteiger partial charge < -0.3 is 14.8 Å². The molecule has 5 nitrogen and oxygen atoms in total. The molecule has 1 aliphatic rings. The van der Waals surface area contributed by atoms with Crippen LogP contribution in [0.2, 0.25) is 0 Å². The van der Waals surface area contributed by atoms with Crippen LogP contribution in [-0.4, -0.2) is 25.1 Å². The van der Waals surface area contributed by atoms with Crippen molar-refractivity contribution in [3.05, 3.63) is 51.2 Å². The van der Waals surface area contributed by atoms with Crippen molar-refractivity contribution in [2.75, 3.05) is 7.11 Å². The van der Waals surface area contributed by atoms with Crippen molar-refractivity contribution in [1.29, 1.82) is 0 Å². The Morgan fingerprint density at radius 1 is 1.33 bits per heavy atom. The summed E-state index contributed by atoms with van der Waals surface area (Å²) in [4.78, 5) is 26.6. The third-order valence-electron chi connectivity index (χ3n) is 4.83. The summed E-state index contributed by atoms with van der Waals surface area (Å²) in [5.74, 6) is 0.600. The van der Waals surface area contributed by atoms with Crippen molar-refractivity contribution in [3.63, 3.8) is 0 Å². The highest BCUT2D eigenvalue weighted by atomic mass is 32.1. The largest absolute Gasteiger partial charge is 0.496 e. The van der Waals surface area contributed by atoms with E-state index in [4.69, 9.17) is 9.47 Å². The third kappa shape index (κ3) is 4.69. The van der Waals surface area contributed by atoms with Crippen molar-refractivity contribution < 1.29 is 19.1 Å². The number of methoxy groups -OCH3 is 1. The van der Waals surface area contributed by atoms with Crippen molar-refractivity contribution in [2.45, 2.75) is 45.8 Å². The fourth-order valence-corrected chi connectivity index (χ4v) is 4.34. The van der Waals surface area contributed by atoms with Gasteiger partial charge in [-0.25, -0.2) is 4.79 Å². The van der Waals surface area contributed by atoms with Crippen molar-refractivity contribution in [2.24, 2.45) is 5.92 Å². The highest BCUT2D eigenvalue weighted by Crippen LogP contribution is 2.32. The van der Waals surface area contributed by atoms with Crippen LogP contribution in [0.3, 0.4) is 0 Å². The number of rotatable bonds is 6. The number of hydrogen-bond acceptors (Lipinski definition) is 5. The Kier molecular flexibility index (Phi) is 6.16. The molecule has 1 aromatic carbocycles. The maximum atomic E-state index is 12.4. The third-order valence-corrected chi connectivity index (χ3v) is 6.05. The molecule has 0 bridgehead atoms. The van der Waals surface area contributed by atoms with Crippen LogP contribution in [0.15, 0.2) is 30.3 Å². The van der Waals surface area contributed by atoms with Gasteiger partial charge in [-0.15, -0.1) is 11.3 Å². The zero-order valence-electron chi connectivity index (χ0n) is 15.9. The van der Waals surface area contributed by atoms with E-state index in [1.807, 2.05) is 30.3 Å². The molecule has 0 radical (unpaired) electrons. The van der Waals surface area contributed by atoms with Crippen LogP contribution in [0.4, 0.5) is 0 Å². The normalized spacial score (nSPS) is 16.9. The summed E-state index contributed by atoms with van der Waals surface area (Å²) in [5.41, 5.74) is 2.12. The Hall–Kier alpha value is -2.34. The Morgan fingerprint density at radius 3 is 2.89 bits per heavy atom. The maximum absolute atomic E-state index is 12.4. The number of ether oxygens (including phenoxy) is 2. The predicted octanol–water partition coefficient (Wildman–Crippen LogP) is 3.74. The number of para-hydroxylation sites is 1. The Bertz CT molecular complexity index is 829. The lowest BCUT2D eigenvalue weighted by molar-refractivity contribution is -0.129. The minimum Gasteiger partial charge on any atom is -0.496 e. The summed E-state index contributed by atoms with van der Waals surface area (Å²) in [6, 6.07) is 9.40. The summed E-state index contributed by atoms with van der Waals surface area (Å²) in [5, 5.41) is 2.79. The molecule has 0 fully saturated rings. The van der Waals surface area contributed by atoms with Gasteiger partial charge in [-0.2, -0.15) is 0 Å². The molecule has 6 heteroatoms. The van der Waals surface area contributed by atoms with Gasteiger partial charge in [0.2, 0.25) is 0 Å². The maximum Gasteiger partial charge on any atom is 0.349 e.